The summed E-state index contributed by atoms with van der Waals surface area (Å²) in [6.45, 7) is 1.51. The number of amides is 1. The Hall–Kier alpha value is -1.64. The molecule has 1 heterocycles. The molecular formula is C16H24N2O5S. The Morgan fingerprint density at radius 3 is 2.67 bits per heavy atom. The van der Waals surface area contributed by atoms with Crippen LogP contribution >= 0.6 is 0 Å². The van der Waals surface area contributed by atoms with Crippen LogP contribution in [0.5, 0.6) is 5.75 Å². The van der Waals surface area contributed by atoms with Gasteiger partial charge < -0.3 is 14.8 Å². The number of carbonyl (C=O) groups is 1. The van der Waals surface area contributed by atoms with Gasteiger partial charge in [0.05, 0.1) is 12.4 Å². The van der Waals surface area contributed by atoms with E-state index < -0.39 is 10.0 Å². The van der Waals surface area contributed by atoms with E-state index in [4.69, 9.17) is 9.47 Å². The third-order valence-electron chi connectivity index (χ3n) is 3.82. The Bertz CT molecular complexity index is 639. The molecule has 0 bridgehead atoms. The summed E-state index contributed by atoms with van der Waals surface area (Å²) < 4.78 is 34.9. The van der Waals surface area contributed by atoms with Gasteiger partial charge >= 0.3 is 0 Å². The largest absolute Gasteiger partial charge is 0.484 e. The Kier molecular flexibility index (Phi) is 6.59. The van der Waals surface area contributed by atoms with Gasteiger partial charge in [-0.2, -0.15) is 0 Å². The van der Waals surface area contributed by atoms with Crippen molar-refractivity contribution in [1.29, 1.82) is 0 Å². The molecule has 1 aliphatic heterocycles. The maximum Gasteiger partial charge on any atom is 0.258 e. The molecule has 1 amide bonds. The van der Waals surface area contributed by atoms with Gasteiger partial charge in [-0.3, -0.25) is 4.79 Å². The Labute approximate surface area is 143 Å². The van der Waals surface area contributed by atoms with Gasteiger partial charge in [-0.05, 0) is 30.5 Å². The number of nitrogens with one attached hydrogen (secondary N) is 1. The molecule has 1 aromatic rings. The standard InChI is InChI=1S/C16H24N2O5S/c1-18(24(2,20)21)11-13-5-7-14(8-6-13)23-12-16(19)17-10-15-4-3-9-22-15/h5-8,15H,3-4,9-12H2,1-2H3,(H,17,19)/t15-/m0/s1. The molecule has 134 valence electrons. The molecule has 8 heteroatoms. The zero-order valence-electron chi connectivity index (χ0n) is 14.0. The molecule has 7 nitrogen and oxygen atoms in total. The summed E-state index contributed by atoms with van der Waals surface area (Å²) in [7, 11) is -1.68. The lowest BCUT2D eigenvalue weighted by atomic mass is 10.2. The zero-order valence-corrected chi connectivity index (χ0v) is 14.8. The van der Waals surface area contributed by atoms with Crippen LogP contribution in [0.1, 0.15) is 18.4 Å². The zero-order chi connectivity index (χ0) is 17.6. The van der Waals surface area contributed by atoms with Gasteiger partial charge in [0.1, 0.15) is 5.75 Å². The molecule has 0 saturated carbocycles. The highest BCUT2D eigenvalue weighted by atomic mass is 32.2. The van der Waals surface area contributed by atoms with Crippen molar-refractivity contribution in [2.75, 3.05) is 33.1 Å². The Balaban J connectivity index is 1.74. The minimum Gasteiger partial charge on any atom is -0.484 e. The van der Waals surface area contributed by atoms with Gasteiger partial charge in [0.25, 0.3) is 5.91 Å². The molecule has 1 aromatic carbocycles. The van der Waals surface area contributed by atoms with E-state index in [0.717, 1.165) is 25.0 Å². The van der Waals surface area contributed by atoms with Crippen molar-refractivity contribution in [3.8, 4) is 5.75 Å². The maximum atomic E-state index is 11.7. The molecule has 2 rings (SSSR count). The minimum absolute atomic E-state index is 0.0602. The number of carbonyl (C=O) groups excluding carboxylic acids is 1. The van der Waals surface area contributed by atoms with Crippen LogP contribution in [0.2, 0.25) is 0 Å². The van der Waals surface area contributed by atoms with E-state index in [9.17, 15) is 13.2 Å². The predicted octanol–water partition coefficient (Wildman–Crippen LogP) is 0.752. The van der Waals surface area contributed by atoms with Crippen molar-refractivity contribution in [1.82, 2.24) is 9.62 Å². The quantitative estimate of drug-likeness (QED) is 0.743. The molecule has 24 heavy (non-hydrogen) atoms. The van der Waals surface area contributed by atoms with Crippen molar-refractivity contribution in [2.24, 2.45) is 0 Å². The summed E-state index contributed by atoms with van der Waals surface area (Å²) in [6.07, 6.45) is 3.29. The monoisotopic (exact) mass is 356 g/mol. The predicted molar refractivity (Wildman–Crippen MR) is 90.2 cm³/mol. The smallest absolute Gasteiger partial charge is 0.258 e. The Morgan fingerprint density at radius 2 is 2.08 bits per heavy atom. The van der Waals surface area contributed by atoms with Gasteiger partial charge in [-0.1, -0.05) is 12.1 Å². The minimum atomic E-state index is -3.21. The van der Waals surface area contributed by atoms with E-state index in [1.807, 2.05) is 0 Å². The lowest BCUT2D eigenvalue weighted by Gasteiger charge is -2.14. The maximum absolute atomic E-state index is 11.7. The molecule has 1 fully saturated rings. The first-order valence-corrected chi connectivity index (χ1v) is 9.71. The van der Waals surface area contributed by atoms with Gasteiger partial charge in [-0.15, -0.1) is 0 Å². The molecule has 0 spiro atoms. The van der Waals surface area contributed by atoms with E-state index in [1.165, 1.54) is 17.6 Å². The lowest BCUT2D eigenvalue weighted by molar-refractivity contribution is -0.123. The third kappa shape index (κ3) is 6.10. The molecule has 0 aliphatic carbocycles. The lowest BCUT2D eigenvalue weighted by Crippen LogP contribution is -2.35. The molecule has 1 atom stereocenters. The summed E-state index contributed by atoms with van der Waals surface area (Å²) >= 11 is 0. The second-order valence-corrected chi connectivity index (χ2v) is 7.98. The number of rotatable bonds is 8. The molecule has 0 unspecified atom stereocenters. The van der Waals surface area contributed by atoms with Crippen molar-refractivity contribution >= 4 is 15.9 Å². The number of hydrogen-bond acceptors (Lipinski definition) is 5. The molecule has 0 radical (unpaired) electrons. The third-order valence-corrected chi connectivity index (χ3v) is 5.08. The number of nitrogens with zero attached hydrogens (tertiary/aromatic N) is 1. The summed E-state index contributed by atoms with van der Waals surface area (Å²) in [5, 5.41) is 2.79. The van der Waals surface area contributed by atoms with Crippen molar-refractivity contribution in [2.45, 2.75) is 25.5 Å². The van der Waals surface area contributed by atoms with Gasteiger partial charge in [0.2, 0.25) is 10.0 Å². The first kappa shape index (κ1) is 18.7. The fourth-order valence-electron chi connectivity index (χ4n) is 2.30. The van der Waals surface area contributed by atoms with E-state index in [1.54, 1.807) is 24.3 Å². The molecule has 0 aromatic heterocycles. The average molecular weight is 356 g/mol. The van der Waals surface area contributed by atoms with Crippen LogP contribution in [-0.4, -0.2) is 57.8 Å². The first-order valence-electron chi connectivity index (χ1n) is 7.86. The fourth-order valence-corrected chi connectivity index (χ4v) is 2.68. The highest BCUT2D eigenvalue weighted by Crippen LogP contribution is 2.14. The Morgan fingerprint density at radius 1 is 1.38 bits per heavy atom. The second kappa shape index (κ2) is 8.46. The number of hydrogen-bond donors (Lipinski definition) is 1. The second-order valence-electron chi connectivity index (χ2n) is 5.89. The van der Waals surface area contributed by atoms with Gasteiger partial charge in [0, 0.05) is 26.7 Å². The summed E-state index contributed by atoms with van der Waals surface area (Å²) in [5.41, 5.74) is 0.845. The van der Waals surface area contributed by atoms with E-state index >= 15 is 0 Å². The average Bonchev–Trinajstić information content (AvgIpc) is 3.04. The van der Waals surface area contributed by atoms with Crippen LogP contribution in [0.25, 0.3) is 0 Å². The molecular weight excluding hydrogens is 332 g/mol. The van der Waals surface area contributed by atoms with Crippen molar-refractivity contribution in [3.63, 3.8) is 0 Å². The van der Waals surface area contributed by atoms with Crippen molar-refractivity contribution in [3.05, 3.63) is 29.8 Å². The highest BCUT2D eigenvalue weighted by Gasteiger charge is 2.16. The summed E-state index contributed by atoms with van der Waals surface area (Å²) in [5.74, 6) is 0.374. The number of sulfonamides is 1. The highest BCUT2D eigenvalue weighted by molar-refractivity contribution is 7.88. The van der Waals surface area contributed by atoms with Crippen LogP contribution in [-0.2, 0) is 26.1 Å². The topological polar surface area (TPSA) is 84.9 Å². The molecule has 1 aliphatic rings. The first-order chi connectivity index (χ1) is 11.3. The van der Waals surface area contributed by atoms with Gasteiger partial charge in [-0.25, -0.2) is 12.7 Å². The van der Waals surface area contributed by atoms with Crippen LogP contribution in [0, 0.1) is 0 Å². The van der Waals surface area contributed by atoms with Crippen molar-refractivity contribution < 1.29 is 22.7 Å². The van der Waals surface area contributed by atoms with Crippen LogP contribution in [0.15, 0.2) is 24.3 Å². The fraction of sp³-hybridized carbons (Fsp3) is 0.562. The molecule has 1 N–H and O–H groups in total. The van der Waals surface area contributed by atoms with Crippen LogP contribution in [0.3, 0.4) is 0 Å². The van der Waals surface area contributed by atoms with E-state index in [2.05, 4.69) is 5.32 Å². The SMILES string of the molecule is CN(Cc1ccc(OCC(=O)NC[C@@H]2CCCO2)cc1)S(C)(=O)=O. The summed E-state index contributed by atoms with van der Waals surface area (Å²) in [6, 6.07) is 7.00. The van der Waals surface area contributed by atoms with Crippen LogP contribution < -0.4 is 10.1 Å². The van der Waals surface area contributed by atoms with E-state index in [-0.39, 0.29) is 18.6 Å². The van der Waals surface area contributed by atoms with Crippen LogP contribution in [0.4, 0.5) is 0 Å². The normalized spacial score (nSPS) is 17.9. The summed E-state index contributed by atoms with van der Waals surface area (Å²) in [4.78, 5) is 11.7. The number of ether oxygens (including phenoxy) is 2. The van der Waals surface area contributed by atoms with E-state index in [0.29, 0.717) is 18.8 Å². The van der Waals surface area contributed by atoms with Gasteiger partial charge in [0.15, 0.2) is 6.61 Å². The molecule has 1 saturated heterocycles. The number of benzene rings is 1.